The summed E-state index contributed by atoms with van der Waals surface area (Å²) in [6.45, 7) is -0.122. The van der Waals surface area contributed by atoms with E-state index in [1.807, 2.05) is 0 Å². The van der Waals surface area contributed by atoms with Gasteiger partial charge in [0.15, 0.2) is 0 Å². The fourth-order valence-corrected chi connectivity index (χ4v) is 1.72. The predicted molar refractivity (Wildman–Crippen MR) is 57.2 cm³/mol. The van der Waals surface area contributed by atoms with Crippen LogP contribution in [0, 0.1) is 0 Å². The van der Waals surface area contributed by atoms with Gasteiger partial charge in [0, 0.05) is 4.90 Å². The quantitative estimate of drug-likeness (QED) is 0.765. The van der Waals surface area contributed by atoms with Crippen LogP contribution in [0.1, 0.15) is 11.6 Å². The van der Waals surface area contributed by atoms with Gasteiger partial charge in [-0.05, 0) is 17.7 Å². The van der Waals surface area contributed by atoms with E-state index in [2.05, 4.69) is 0 Å². The van der Waals surface area contributed by atoms with E-state index < -0.39 is 12.5 Å². The summed E-state index contributed by atoms with van der Waals surface area (Å²) in [5, 5.41) is 8.80. The van der Waals surface area contributed by atoms with Gasteiger partial charge in [-0.25, -0.2) is 8.78 Å². The van der Waals surface area contributed by atoms with Crippen LogP contribution in [0.4, 0.5) is 8.78 Å². The number of hydrogen-bond acceptors (Lipinski definition) is 3. The van der Waals surface area contributed by atoms with Gasteiger partial charge in [0.1, 0.15) is 0 Å². The Balaban J connectivity index is 2.56. The van der Waals surface area contributed by atoms with E-state index in [-0.39, 0.29) is 12.4 Å². The first-order chi connectivity index (χ1) is 7.13. The van der Waals surface area contributed by atoms with Crippen LogP contribution in [0.15, 0.2) is 29.2 Å². The smallest absolute Gasteiger partial charge is 0.247 e. The largest absolute Gasteiger partial charge is 0.394 e. The summed E-state index contributed by atoms with van der Waals surface area (Å²) in [5.41, 5.74) is 6.39. The fraction of sp³-hybridized carbons (Fsp3) is 0.400. The molecule has 3 N–H and O–H groups in total. The van der Waals surface area contributed by atoms with Crippen molar-refractivity contribution in [2.45, 2.75) is 17.4 Å². The van der Waals surface area contributed by atoms with E-state index in [1.165, 1.54) is 0 Å². The highest BCUT2D eigenvalue weighted by molar-refractivity contribution is 7.99. The maximum Gasteiger partial charge on any atom is 0.247 e. The van der Waals surface area contributed by atoms with Crippen LogP contribution in [-0.4, -0.2) is 23.9 Å². The monoisotopic (exact) mass is 233 g/mol. The van der Waals surface area contributed by atoms with E-state index in [0.717, 1.165) is 22.2 Å². The summed E-state index contributed by atoms with van der Waals surface area (Å²) in [6, 6.07) is 6.55. The second-order valence-corrected chi connectivity index (χ2v) is 4.15. The Morgan fingerprint density at radius 1 is 1.27 bits per heavy atom. The summed E-state index contributed by atoms with van der Waals surface area (Å²) in [4.78, 5) is 0.782. The summed E-state index contributed by atoms with van der Waals surface area (Å²) in [7, 11) is 0. The molecule has 1 aromatic carbocycles. The third kappa shape index (κ3) is 4.15. The Kier molecular flexibility index (Phi) is 5.01. The third-order valence-corrected chi connectivity index (χ3v) is 2.91. The van der Waals surface area contributed by atoms with Crippen LogP contribution < -0.4 is 5.73 Å². The Hall–Kier alpha value is -0.650. The molecule has 0 aliphatic rings. The van der Waals surface area contributed by atoms with Gasteiger partial charge in [0.25, 0.3) is 0 Å². The van der Waals surface area contributed by atoms with Crippen molar-refractivity contribution in [1.82, 2.24) is 0 Å². The van der Waals surface area contributed by atoms with Gasteiger partial charge in [-0.15, -0.1) is 11.8 Å². The first-order valence-corrected chi connectivity index (χ1v) is 5.49. The van der Waals surface area contributed by atoms with Gasteiger partial charge in [-0.1, -0.05) is 12.1 Å². The van der Waals surface area contributed by atoms with Crippen molar-refractivity contribution in [2.75, 3.05) is 12.4 Å². The molecule has 0 fully saturated rings. The predicted octanol–water partition coefficient (Wildman–Crippen LogP) is 2.04. The number of rotatable bonds is 5. The third-order valence-electron chi connectivity index (χ3n) is 1.88. The molecule has 0 bridgehead atoms. The first-order valence-electron chi connectivity index (χ1n) is 4.51. The number of nitrogens with two attached hydrogens (primary N) is 1. The molecule has 0 saturated heterocycles. The van der Waals surface area contributed by atoms with Crippen molar-refractivity contribution >= 4 is 11.8 Å². The van der Waals surface area contributed by atoms with Gasteiger partial charge in [0.2, 0.25) is 6.43 Å². The first kappa shape index (κ1) is 12.4. The maximum absolute atomic E-state index is 11.9. The molecular weight excluding hydrogens is 220 g/mol. The maximum atomic E-state index is 11.9. The summed E-state index contributed by atoms with van der Waals surface area (Å²) < 4.78 is 23.8. The average molecular weight is 233 g/mol. The number of benzene rings is 1. The topological polar surface area (TPSA) is 46.2 Å². The van der Waals surface area contributed by atoms with Crippen LogP contribution in [0.2, 0.25) is 0 Å². The molecule has 0 heterocycles. The summed E-state index contributed by atoms with van der Waals surface area (Å²) >= 11 is 1.10. The lowest BCUT2D eigenvalue weighted by molar-refractivity contribution is 0.177. The van der Waals surface area contributed by atoms with Gasteiger partial charge >= 0.3 is 0 Å². The number of hydrogen-bond donors (Lipinski definition) is 2. The number of aliphatic hydroxyl groups excluding tert-OH is 1. The molecule has 1 unspecified atom stereocenters. The SMILES string of the molecule is NC(CO)c1ccc(SCC(F)F)cc1. The Morgan fingerprint density at radius 3 is 2.33 bits per heavy atom. The fourth-order valence-electron chi connectivity index (χ4n) is 1.08. The number of halogens is 2. The Morgan fingerprint density at radius 2 is 1.87 bits per heavy atom. The van der Waals surface area contributed by atoms with E-state index in [1.54, 1.807) is 24.3 Å². The van der Waals surface area contributed by atoms with E-state index in [4.69, 9.17) is 10.8 Å². The highest BCUT2D eigenvalue weighted by Crippen LogP contribution is 2.21. The van der Waals surface area contributed by atoms with Crippen molar-refractivity contribution in [3.63, 3.8) is 0 Å². The number of aliphatic hydroxyl groups is 1. The molecular formula is C10H13F2NOS. The summed E-state index contributed by atoms with van der Waals surface area (Å²) in [5.74, 6) is -0.203. The van der Waals surface area contributed by atoms with Crippen LogP contribution in [0.3, 0.4) is 0 Å². The van der Waals surface area contributed by atoms with E-state index >= 15 is 0 Å². The molecule has 0 aliphatic heterocycles. The highest BCUT2D eigenvalue weighted by Gasteiger charge is 2.06. The minimum Gasteiger partial charge on any atom is -0.394 e. The lowest BCUT2D eigenvalue weighted by atomic mass is 10.1. The average Bonchev–Trinajstić information content (AvgIpc) is 2.26. The van der Waals surface area contributed by atoms with Gasteiger partial charge in [0.05, 0.1) is 18.4 Å². The molecule has 5 heteroatoms. The molecule has 0 spiro atoms. The normalized spacial score (nSPS) is 13.1. The van der Waals surface area contributed by atoms with Crippen LogP contribution in [-0.2, 0) is 0 Å². The van der Waals surface area contributed by atoms with Crippen molar-refractivity contribution in [3.8, 4) is 0 Å². The highest BCUT2D eigenvalue weighted by atomic mass is 32.2. The van der Waals surface area contributed by atoms with Crippen molar-refractivity contribution in [1.29, 1.82) is 0 Å². The van der Waals surface area contributed by atoms with Crippen molar-refractivity contribution in [3.05, 3.63) is 29.8 Å². The molecule has 0 amide bonds. The number of alkyl halides is 2. The van der Waals surface area contributed by atoms with Gasteiger partial charge in [-0.3, -0.25) is 0 Å². The van der Waals surface area contributed by atoms with Crippen molar-refractivity contribution in [2.24, 2.45) is 5.73 Å². The molecule has 1 rings (SSSR count). The van der Waals surface area contributed by atoms with E-state index in [9.17, 15) is 8.78 Å². The lowest BCUT2D eigenvalue weighted by Crippen LogP contribution is -2.14. The van der Waals surface area contributed by atoms with Crippen LogP contribution in [0.25, 0.3) is 0 Å². The molecule has 0 aliphatic carbocycles. The number of thioether (sulfide) groups is 1. The van der Waals surface area contributed by atoms with Gasteiger partial charge < -0.3 is 10.8 Å². The minimum absolute atomic E-state index is 0.122. The van der Waals surface area contributed by atoms with Crippen LogP contribution in [0.5, 0.6) is 0 Å². The molecule has 0 aromatic heterocycles. The van der Waals surface area contributed by atoms with E-state index in [0.29, 0.717) is 0 Å². The van der Waals surface area contributed by atoms with Crippen LogP contribution >= 0.6 is 11.8 Å². The molecule has 84 valence electrons. The Labute approximate surface area is 91.5 Å². The molecule has 0 radical (unpaired) electrons. The second-order valence-electron chi connectivity index (χ2n) is 3.06. The van der Waals surface area contributed by atoms with Crippen molar-refractivity contribution < 1.29 is 13.9 Å². The molecule has 0 saturated carbocycles. The second kappa shape index (κ2) is 6.05. The summed E-state index contributed by atoms with van der Waals surface area (Å²) in [6.07, 6.45) is -2.30. The standard InChI is InChI=1S/C10H13F2NOS/c11-10(12)6-15-8-3-1-7(2-4-8)9(13)5-14/h1-4,9-10,14H,5-6,13H2. The zero-order valence-electron chi connectivity index (χ0n) is 8.07. The molecule has 15 heavy (non-hydrogen) atoms. The molecule has 2 nitrogen and oxygen atoms in total. The molecule has 1 atom stereocenters. The zero-order valence-corrected chi connectivity index (χ0v) is 8.88. The minimum atomic E-state index is -2.30. The lowest BCUT2D eigenvalue weighted by Gasteiger charge is -2.08. The molecule has 1 aromatic rings. The van der Waals surface area contributed by atoms with Gasteiger partial charge in [-0.2, -0.15) is 0 Å². The Bertz CT molecular complexity index is 292. The zero-order chi connectivity index (χ0) is 11.3.